The standard InChI is InChI=1S/C12H27N3/c1-12(2)15-10-8-14(9-11-15)7-5-3-4-6-13/h12H,3-11,13H2,1-2H3. The Balaban J connectivity index is 2.04. The minimum absolute atomic E-state index is 0.712. The third kappa shape index (κ3) is 4.96. The zero-order valence-electron chi connectivity index (χ0n) is 10.4. The topological polar surface area (TPSA) is 32.5 Å². The van der Waals surface area contributed by atoms with Crippen molar-refractivity contribution in [3.63, 3.8) is 0 Å². The number of hydrogen-bond acceptors (Lipinski definition) is 3. The molecule has 0 aromatic rings. The number of nitrogens with zero attached hydrogens (tertiary/aromatic N) is 2. The largest absolute Gasteiger partial charge is 0.330 e. The van der Waals surface area contributed by atoms with Crippen LogP contribution in [0.15, 0.2) is 0 Å². The first-order valence-corrected chi connectivity index (χ1v) is 6.40. The molecular formula is C12H27N3. The number of piperazine rings is 1. The summed E-state index contributed by atoms with van der Waals surface area (Å²) >= 11 is 0. The van der Waals surface area contributed by atoms with Crippen molar-refractivity contribution >= 4 is 0 Å². The van der Waals surface area contributed by atoms with Gasteiger partial charge in [0.05, 0.1) is 0 Å². The van der Waals surface area contributed by atoms with Crippen LogP contribution >= 0.6 is 0 Å². The molecule has 0 aromatic heterocycles. The molecule has 1 rings (SSSR count). The molecule has 0 bridgehead atoms. The summed E-state index contributed by atoms with van der Waals surface area (Å²) in [6.07, 6.45) is 3.80. The molecule has 2 N–H and O–H groups in total. The van der Waals surface area contributed by atoms with Crippen LogP contribution < -0.4 is 5.73 Å². The fourth-order valence-corrected chi connectivity index (χ4v) is 2.16. The van der Waals surface area contributed by atoms with Crippen LogP contribution in [-0.2, 0) is 0 Å². The van der Waals surface area contributed by atoms with E-state index in [1.807, 2.05) is 0 Å². The van der Waals surface area contributed by atoms with Crippen LogP contribution in [0.3, 0.4) is 0 Å². The minimum Gasteiger partial charge on any atom is -0.330 e. The molecule has 1 aliphatic rings. The first-order valence-electron chi connectivity index (χ1n) is 6.40. The fourth-order valence-electron chi connectivity index (χ4n) is 2.16. The lowest BCUT2D eigenvalue weighted by molar-refractivity contribution is 0.107. The zero-order valence-corrected chi connectivity index (χ0v) is 10.4. The molecule has 0 atom stereocenters. The van der Waals surface area contributed by atoms with E-state index in [0.29, 0.717) is 6.04 Å². The summed E-state index contributed by atoms with van der Waals surface area (Å²) in [6, 6.07) is 0.712. The lowest BCUT2D eigenvalue weighted by atomic mass is 10.2. The Labute approximate surface area is 94.6 Å². The molecular weight excluding hydrogens is 186 g/mol. The lowest BCUT2D eigenvalue weighted by Gasteiger charge is -2.36. The van der Waals surface area contributed by atoms with Crippen LogP contribution in [0.5, 0.6) is 0 Å². The van der Waals surface area contributed by atoms with Crippen LogP contribution in [0.2, 0.25) is 0 Å². The number of hydrogen-bond donors (Lipinski definition) is 1. The molecule has 15 heavy (non-hydrogen) atoms. The van der Waals surface area contributed by atoms with Gasteiger partial charge in [-0.2, -0.15) is 0 Å². The smallest absolute Gasteiger partial charge is 0.0113 e. The molecule has 0 spiro atoms. The van der Waals surface area contributed by atoms with Crippen LogP contribution in [-0.4, -0.2) is 55.1 Å². The summed E-state index contributed by atoms with van der Waals surface area (Å²) in [4.78, 5) is 5.16. The maximum absolute atomic E-state index is 5.48. The average molecular weight is 213 g/mol. The number of nitrogens with two attached hydrogens (primary N) is 1. The van der Waals surface area contributed by atoms with Gasteiger partial charge in [0.25, 0.3) is 0 Å². The highest BCUT2D eigenvalue weighted by Crippen LogP contribution is 2.07. The number of rotatable bonds is 6. The van der Waals surface area contributed by atoms with Crippen LogP contribution in [0.4, 0.5) is 0 Å². The molecule has 1 fully saturated rings. The van der Waals surface area contributed by atoms with Gasteiger partial charge in [-0.15, -0.1) is 0 Å². The van der Waals surface area contributed by atoms with Gasteiger partial charge in [0, 0.05) is 32.2 Å². The fraction of sp³-hybridized carbons (Fsp3) is 1.00. The van der Waals surface area contributed by atoms with E-state index in [1.165, 1.54) is 52.0 Å². The van der Waals surface area contributed by atoms with Gasteiger partial charge in [-0.3, -0.25) is 4.90 Å². The Morgan fingerprint density at radius 2 is 1.67 bits per heavy atom. The Morgan fingerprint density at radius 3 is 2.20 bits per heavy atom. The summed E-state index contributed by atoms with van der Waals surface area (Å²) in [6.45, 7) is 11.7. The Morgan fingerprint density at radius 1 is 1.00 bits per heavy atom. The second kappa shape index (κ2) is 7.20. The molecule has 0 radical (unpaired) electrons. The van der Waals surface area contributed by atoms with E-state index >= 15 is 0 Å². The van der Waals surface area contributed by atoms with Crippen molar-refractivity contribution in [3.8, 4) is 0 Å². The Kier molecular flexibility index (Phi) is 6.22. The predicted octanol–water partition coefficient (Wildman–Crippen LogP) is 1.14. The molecule has 1 aliphatic heterocycles. The minimum atomic E-state index is 0.712. The maximum Gasteiger partial charge on any atom is 0.0113 e. The highest BCUT2D eigenvalue weighted by atomic mass is 15.3. The Hall–Kier alpha value is -0.120. The number of unbranched alkanes of at least 4 members (excludes halogenated alkanes) is 2. The van der Waals surface area contributed by atoms with Gasteiger partial charge < -0.3 is 10.6 Å². The van der Waals surface area contributed by atoms with Gasteiger partial charge in [-0.05, 0) is 39.8 Å². The monoisotopic (exact) mass is 213 g/mol. The van der Waals surface area contributed by atoms with E-state index in [4.69, 9.17) is 5.73 Å². The van der Waals surface area contributed by atoms with E-state index in [0.717, 1.165) is 6.54 Å². The normalized spacial score (nSPS) is 20.0. The summed E-state index contributed by atoms with van der Waals surface area (Å²) < 4.78 is 0. The molecule has 90 valence electrons. The zero-order chi connectivity index (χ0) is 11.1. The summed E-state index contributed by atoms with van der Waals surface area (Å²) in [5.74, 6) is 0. The molecule has 3 heteroatoms. The summed E-state index contributed by atoms with van der Waals surface area (Å²) in [7, 11) is 0. The van der Waals surface area contributed by atoms with Crippen molar-refractivity contribution in [1.29, 1.82) is 0 Å². The quantitative estimate of drug-likeness (QED) is 0.672. The van der Waals surface area contributed by atoms with Crippen LogP contribution in [0.25, 0.3) is 0 Å². The summed E-state index contributed by atoms with van der Waals surface area (Å²) in [5, 5.41) is 0. The predicted molar refractivity (Wildman–Crippen MR) is 66.1 cm³/mol. The molecule has 0 aromatic carbocycles. The lowest BCUT2D eigenvalue weighted by Crippen LogP contribution is -2.48. The molecule has 3 nitrogen and oxygen atoms in total. The second-order valence-corrected chi connectivity index (χ2v) is 4.82. The van der Waals surface area contributed by atoms with E-state index in [1.54, 1.807) is 0 Å². The molecule has 0 amide bonds. The maximum atomic E-state index is 5.48. The van der Waals surface area contributed by atoms with Gasteiger partial charge >= 0.3 is 0 Å². The van der Waals surface area contributed by atoms with Crippen LogP contribution in [0, 0.1) is 0 Å². The van der Waals surface area contributed by atoms with Gasteiger partial charge in [0.15, 0.2) is 0 Å². The summed E-state index contributed by atoms with van der Waals surface area (Å²) in [5.41, 5.74) is 5.48. The van der Waals surface area contributed by atoms with Crippen molar-refractivity contribution in [2.24, 2.45) is 5.73 Å². The first-order chi connectivity index (χ1) is 7.24. The van der Waals surface area contributed by atoms with E-state index in [9.17, 15) is 0 Å². The molecule has 0 aliphatic carbocycles. The van der Waals surface area contributed by atoms with Crippen molar-refractivity contribution in [2.75, 3.05) is 39.3 Å². The van der Waals surface area contributed by atoms with Crippen molar-refractivity contribution in [3.05, 3.63) is 0 Å². The van der Waals surface area contributed by atoms with Crippen molar-refractivity contribution < 1.29 is 0 Å². The van der Waals surface area contributed by atoms with Gasteiger partial charge in [0.1, 0.15) is 0 Å². The molecule has 1 saturated heterocycles. The molecule has 0 saturated carbocycles. The van der Waals surface area contributed by atoms with E-state index in [-0.39, 0.29) is 0 Å². The van der Waals surface area contributed by atoms with Crippen molar-refractivity contribution in [2.45, 2.75) is 39.2 Å². The highest BCUT2D eigenvalue weighted by molar-refractivity contribution is 4.73. The third-order valence-corrected chi connectivity index (χ3v) is 3.32. The van der Waals surface area contributed by atoms with E-state index < -0.39 is 0 Å². The van der Waals surface area contributed by atoms with Gasteiger partial charge in [-0.25, -0.2) is 0 Å². The average Bonchev–Trinajstić information content (AvgIpc) is 2.25. The van der Waals surface area contributed by atoms with Crippen LogP contribution in [0.1, 0.15) is 33.1 Å². The van der Waals surface area contributed by atoms with Gasteiger partial charge in [-0.1, -0.05) is 6.42 Å². The molecule has 0 unspecified atom stereocenters. The van der Waals surface area contributed by atoms with Gasteiger partial charge in [0.2, 0.25) is 0 Å². The Bertz CT molecular complexity index is 151. The first kappa shape index (κ1) is 12.9. The third-order valence-electron chi connectivity index (χ3n) is 3.32. The highest BCUT2D eigenvalue weighted by Gasteiger charge is 2.17. The molecule has 1 heterocycles. The van der Waals surface area contributed by atoms with E-state index in [2.05, 4.69) is 23.6 Å². The second-order valence-electron chi connectivity index (χ2n) is 4.82. The SMILES string of the molecule is CC(C)N1CCN(CCCCCN)CC1. The van der Waals surface area contributed by atoms with Crippen molar-refractivity contribution in [1.82, 2.24) is 9.80 Å².